The molecule has 0 radical (unpaired) electrons. The molecule has 0 spiro atoms. The molecule has 2 aromatic rings. The Kier molecular flexibility index (Phi) is 3.22. The molecule has 4 heteroatoms. The van der Waals surface area contributed by atoms with Crippen LogP contribution in [-0.4, -0.2) is 13.7 Å². The molecule has 0 unspecified atom stereocenters. The summed E-state index contributed by atoms with van der Waals surface area (Å²) in [6.07, 6.45) is 0. The second-order valence-electron chi connectivity index (χ2n) is 6.18. The zero-order chi connectivity index (χ0) is 15.9. The SMILES string of the molecule is COc1ccc(C#N)c2c1N(c1ccccc1N)CC2(C)C. The van der Waals surface area contributed by atoms with Gasteiger partial charge in [-0.15, -0.1) is 0 Å². The molecule has 1 aliphatic heterocycles. The summed E-state index contributed by atoms with van der Waals surface area (Å²) in [6.45, 7) is 5.04. The lowest BCUT2D eigenvalue weighted by atomic mass is 9.84. The minimum absolute atomic E-state index is 0.156. The predicted octanol–water partition coefficient (Wildman–Crippen LogP) is 3.58. The van der Waals surface area contributed by atoms with E-state index < -0.39 is 0 Å². The molecular weight excluding hydrogens is 274 g/mol. The van der Waals surface area contributed by atoms with Crippen molar-refractivity contribution in [3.63, 3.8) is 0 Å². The van der Waals surface area contributed by atoms with E-state index in [-0.39, 0.29) is 5.41 Å². The summed E-state index contributed by atoms with van der Waals surface area (Å²) < 4.78 is 5.55. The van der Waals surface area contributed by atoms with Crippen molar-refractivity contribution >= 4 is 17.1 Å². The minimum atomic E-state index is -0.156. The Labute approximate surface area is 130 Å². The normalized spacial score (nSPS) is 15.3. The lowest BCUT2D eigenvalue weighted by Gasteiger charge is -2.24. The first-order chi connectivity index (χ1) is 10.5. The van der Waals surface area contributed by atoms with Gasteiger partial charge in [0.25, 0.3) is 0 Å². The summed E-state index contributed by atoms with van der Waals surface area (Å²) >= 11 is 0. The molecule has 0 atom stereocenters. The molecule has 2 N–H and O–H groups in total. The van der Waals surface area contributed by atoms with Crippen LogP contribution in [0.25, 0.3) is 0 Å². The topological polar surface area (TPSA) is 62.3 Å². The lowest BCUT2D eigenvalue weighted by Crippen LogP contribution is -2.25. The van der Waals surface area contributed by atoms with E-state index in [1.54, 1.807) is 7.11 Å². The highest BCUT2D eigenvalue weighted by Crippen LogP contribution is 2.51. The predicted molar refractivity (Wildman–Crippen MR) is 88.6 cm³/mol. The number of nitrogens with zero attached hydrogens (tertiary/aromatic N) is 2. The Morgan fingerprint density at radius 3 is 2.59 bits per heavy atom. The van der Waals surface area contributed by atoms with Crippen molar-refractivity contribution in [2.45, 2.75) is 19.3 Å². The van der Waals surface area contributed by atoms with E-state index in [0.29, 0.717) is 5.56 Å². The van der Waals surface area contributed by atoms with Crippen molar-refractivity contribution in [1.29, 1.82) is 5.26 Å². The fraction of sp³-hybridized carbons (Fsp3) is 0.278. The van der Waals surface area contributed by atoms with Gasteiger partial charge in [-0.1, -0.05) is 26.0 Å². The zero-order valence-corrected chi connectivity index (χ0v) is 13.1. The summed E-state index contributed by atoms with van der Waals surface area (Å²) in [4.78, 5) is 2.16. The van der Waals surface area contributed by atoms with Gasteiger partial charge >= 0.3 is 0 Å². The number of ether oxygens (including phenoxy) is 1. The molecule has 0 aromatic heterocycles. The van der Waals surface area contributed by atoms with Crippen LogP contribution in [0, 0.1) is 11.3 Å². The number of hydrogen-bond acceptors (Lipinski definition) is 4. The molecule has 0 saturated heterocycles. The van der Waals surface area contributed by atoms with Crippen molar-refractivity contribution in [2.75, 3.05) is 24.3 Å². The first-order valence-electron chi connectivity index (χ1n) is 7.23. The molecule has 0 bridgehead atoms. The second kappa shape index (κ2) is 4.96. The van der Waals surface area contributed by atoms with E-state index in [9.17, 15) is 5.26 Å². The summed E-state index contributed by atoms with van der Waals surface area (Å²) in [6, 6.07) is 13.8. The molecule has 3 rings (SSSR count). The Morgan fingerprint density at radius 1 is 1.23 bits per heavy atom. The van der Waals surface area contributed by atoms with Crippen LogP contribution in [0.5, 0.6) is 5.75 Å². The van der Waals surface area contributed by atoms with Gasteiger partial charge in [0, 0.05) is 17.5 Å². The van der Waals surface area contributed by atoms with Gasteiger partial charge in [0.2, 0.25) is 0 Å². The Balaban J connectivity index is 2.30. The molecule has 0 fully saturated rings. The van der Waals surface area contributed by atoms with E-state index in [1.807, 2.05) is 36.4 Å². The van der Waals surface area contributed by atoms with Gasteiger partial charge in [0.05, 0.1) is 35.8 Å². The number of hydrogen-bond donors (Lipinski definition) is 1. The van der Waals surface area contributed by atoms with Gasteiger partial charge in [-0.25, -0.2) is 0 Å². The zero-order valence-electron chi connectivity index (χ0n) is 13.1. The van der Waals surface area contributed by atoms with Crippen LogP contribution in [0.4, 0.5) is 17.1 Å². The number of nitrogens with two attached hydrogens (primary N) is 1. The van der Waals surface area contributed by atoms with E-state index >= 15 is 0 Å². The van der Waals surface area contributed by atoms with Crippen molar-refractivity contribution in [2.24, 2.45) is 0 Å². The lowest BCUT2D eigenvalue weighted by molar-refractivity contribution is 0.415. The summed E-state index contributed by atoms with van der Waals surface area (Å²) in [5, 5.41) is 9.47. The average Bonchev–Trinajstić information content (AvgIpc) is 2.79. The quantitative estimate of drug-likeness (QED) is 0.860. The third kappa shape index (κ3) is 1.98. The highest BCUT2D eigenvalue weighted by atomic mass is 16.5. The monoisotopic (exact) mass is 293 g/mol. The number of methoxy groups -OCH3 is 1. The van der Waals surface area contributed by atoms with Crippen LogP contribution in [0.3, 0.4) is 0 Å². The second-order valence-corrected chi connectivity index (χ2v) is 6.18. The average molecular weight is 293 g/mol. The van der Waals surface area contributed by atoms with Crippen molar-refractivity contribution < 1.29 is 4.74 Å². The molecule has 1 heterocycles. The standard InChI is InChI=1S/C18H19N3O/c1-18(2)11-21(14-7-5-4-6-13(14)20)17-15(22-3)9-8-12(10-19)16(17)18/h4-9H,11,20H2,1-3H3. The number of nitriles is 1. The maximum Gasteiger partial charge on any atom is 0.142 e. The maximum atomic E-state index is 9.47. The molecule has 22 heavy (non-hydrogen) atoms. The van der Waals surface area contributed by atoms with Gasteiger partial charge in [0.15, 0.2) is 0 Å². The van der Waals surface area contributed by atoms with Crippen LogP contribution < -0.4 is 15.4 Å². The van der Waals surface area contributed by atoms with Gasteiger partial charge in [-0.3, -0.25) is 0 Å². The third-order valence-electron chi connectivity index (χ3n) is 4.21. The summed E-state index contributed by atoms with van der Waals surface area (Å²) in [5.41, 5.74) is 10.3. The van der Waals surface area contributed by atoms with Crippen molar-refractivity contribution in [3.05, 3.63) is 47.5 Å². The smallest absolute Gasteiger partial charge is 0.142 e. The van der Waals surface area contributed by atoms with Crippen LogP contribution in [-0.2, 0) is 5.41 Å². The number of para-hydroxylation sites is 2. The van der Waals surface area contributed by atoms with Gasteiger partial charge in [-0.2, -0.15) is 5.26 Å². The fourth-order valence-corrected chi connectivity index (χ4v) is 3.28. The highest BCUT2D eigenvalue weighted by Gasteiger charge is 2.40. The minimum Gasteiger partial charge on any atom is -0.495 e. The molecule has 2 aromatic carbocycles. The first-order valence-corrected chi connectivity index (χ1v) is 7.23. The van der Waals surface area contributed by atoms with Crippen LogP contribution >= 0.6 is 0 Å². The van der Waals surface area contributed by atoms with Gasteiger partial charge < -0.3 is 15.4 Å². The van der Waals surface area contributed by atoms with Gasteiger partial charge in [-0.05, 0) is 24.3 Å². The molecule has 4 nitrogen and oxygen atoms in total. The molecule has 0 saturated carbocycles. The fourth-order valence-electron chi connectivity index (χ4n) is 3.28. The molecule has 0 amide bonds. The van der Waals surface area contributed by atoms with Crippen LogP contribution in [0.1, 0.15) is 25.0 Å². The number of anilines is 3. The number of fused-ring (bicyclic) bond motifs is 1. The van der Waals surface area contributed by atoms with Gasteiger partial charge in [0.1, 0.15) is 5.75 Å². The summed E-state index contributed by atoms with van der Waals surface area (Å²) in [5.74, 6) is 0.767. The third-order valence-corrected chi connectivity index (χ3v) is 4.21. The number of nitrogen functional groups attached to an aromatic ring is 1. The van der Waals surface area contributed by atoms with E-state index in [4.69, 9.17) is 10.5 Å². The molecule has 112 valence electrons. The van der Waals surface area contributed by atoms with Crippen molar-refractivity contribution in [3.8, 4) is 11.8 Å². The van der Waals surface area contributed by atoms with E-state index in [0.717, 1.165) is 34.9 Å². The maximum absolute atomic E-state index is 9.47. The Morgan fingerprint density at radius 2 is 1.95 bits per heavy atom. The first kappa shape index (κ1) is 14.3. The number of benzene rings is 2. The summed E-state index contributed by atoms with van der Waals surface area (Å²) in [7, 11) is 1.65. The Bertz CT molecular complexity index is 774. The largest absolute Gasteiger partial charge is 0.495 e. The van der Waals surface area contributed by atoms with E-state index in [2.05, 4.69) is 24.8 Å². The molecular formula is C18H19N3O. The Hall–Kier alpha value is -2.67. The van der Waals surface area contributed by atoms with Crippen LogP contribution in [0.15, 0.2) is 36.4 Å². The van der Waals surface area contributed by atoms with Crippen LogP contribution in [0.2, 0.25) is 0 Å². The number of rotatable bonds is 2. The van der Waals surface area contributed by atoms with Crippen molar-refractivity contribution in [1.82, 2.24) is 0 Å². The molecule has 1 aliphatic rings. The highest BCUT2D eigenvalue weighted by molar-refractivity contribution is 5.84. The van der Waals surface area contributed by atoms with E-state index in [1.165, 1.54) is 0 Å². The molecule has 0 aliphatic carbocycles.